The molecule has 1 aromatic rings. The van der Waals surface area contributed by atoms with Crippen molar-refractivity contribution in [2.45, 2.75) is 25.2 Å². The summed E-state index contributed by atoms with van der Waals surface area (Å²) in [6, 6.07) is 4.38. The number of aryl methyl sites for hydroxylation is 1. The Labute approximate surface area is 79.9 Å². The molecule has 0 radical (unpaired) electrons. The number of piperidine rings is 1. The van der Waals surface area contributed by atoms with Crippen LogP contribution in [0.1, 0.15) is 25.5 Å². The average Bonchev–Trinajstić information content (AvgIpc) is 2.53. The highest BCUT2D eigenvalue weighted by Gasteiger charge is 2.30. The maximum absolute atomic E-state index is 3.48. The molecular formula is C11H18N2. The van der Waals surface area contributed by atoms with Crippen LogP contribution in [0.25, 0.3) is 0 Å². The summed E-state index contributed by atoms with van der Waals surface area (Å²) >= 11 is 0. The van der Waals surface area contributed by atoms with Gasteiger partial charge in [-0.25, -0.2) is 0 Å². The van der Waals surface area contributed by atoms with Gasteiger partial charge in [-0.1, -0.05) is 6.92 Å². The zero-order valence-electron chi connectivity index (χ0n) is 8.51. The minimum atomic E-state index is 0.344. The highest BCUT2D eigenvalue weighted by molar-refractivity contribution is 5.19. The fourth-order valence-corrected chi connectivity index (χ4v) is 2.36. The first kappa shape index (κ1) is 8.82. The minimum Gasteiger partial charge on any atom is -0.354 e. The minimum absolute atomic E-state index is 0.344. The molecular weight excluding hydrogens is 160 g/mol. The number of aromatic nitrogens is 1. The molecule has 1 aliphatic rings. The average molecular weight is 178 g/mol. The Morgan fingerprint density at radius 1 is 1.54 bits per heavy atom. The Bertz CT molecular complexity index is 282. The lowest BCUT2D eigenvalue weighted by Crippen LogP contribution is -2.42. The van der Waals surface area contributed by atoms with Crippen molar-refractivity contribution in [2.75, 3.05) is 13.1 Å². The maximum Gasteiger partial charge on any atom is 0.0243 e. The van der Waals surface area contributed by atoms with Crippen LogP contribution in [-0.2, 0) is 12.5 Å². The third kappa shape index (κ3) is 1.51. The third-order valence-electron chi connectivity index (χ3n) is 3.16. The van der Waals surface area contributed by atoms with Crippen LogP contribution in [-0.4, -0.2) is 17.7 Å². The largest absolute Gasteiger partial charge is 0.354 e. The lowest BCUT2D eigenvalue weighted by molar-refractivity contribution is 0.325. The van der Waals surface area contributed by atoms with E-state index in [1.165, 1.54) is 25.1 Å². The van der Waals surface area contributed by atoms with Crippen LogP contribution in [0.3, 0.4) is 0 Å². The van der Waals surface area contributed by atoms with E-state index in [2.05, 4.69) is 42.2 Å². The molecule has 2 rings (SSSR count). The van der Waals surface area contributed by atoms with E-state index in [0.717, 1.165) is 6.54 Å². The molecule has 1 aromatic heterocycles. The van der Waals surface area contributed by atoms with Gasteiger partial charge in [0.1, 0.15) is 0 Å². The van der Waals surface area contributed by atoms with Crippen LogP contribution in [0.2, 0.25) is 0 Å². The maximum atomic E-state index is 3.48. The van der Waals surface area contributed by atoms with Gasteiger partial charge in [-0.3, -0.25) is 0 Å². The normalized spacial score (nSPS) is 29.1. The van der Waals surface area contributed by atoms with Crippen LogP contribution < -0.4 is 5.32 Å². The molecule has 13 heavy (non-hydrogen) atoms. The molecule has 1 unspecified atom stereocenters. The second-order valence-electron chi connectivity index (χ2n) is 4.35. The van der Waals surface area contributed by atoms with E-state index < -0.39 is 0 Å². The molecule has 0 spiro atoms. The van der Waals surface area contributed by atoms with Crippen molar-refractivity contribution >= 4 is 0 Å². The Hall–Kier alpha value is -0.760. The molecule has 0 amide bonds. The van der Waals surface area contributed by atoms with Crippen LogP contribution in [0, 0.1) is 0 Å². The molecule has 0 aromatic carbocycles. The first-order valence-electron chi connectivity index (χ1n) is 5.05. The smallest absolute Gasteiger partial charge is 0.0243 e. The summed E-state index contributed by atoms with van der Waals surface area (Å²) in [5.74, 6) is 0. The van der Waals surface area contributed by atoms with Crippen LogP contribution in [0.4, 0.5) is 0 Å². The summed E-state index contributed by atoms with van der Waals surface area (Å²) in [6.45, 7) is 4.65. The summed E-state index contributed by atoms with van der Waals surface area (Å²) in [7, 11) is 2.13. The highest BCUT2D eigenvalue weighted by Crippen LogP contribution is 2.30. The van der Waals surface area contributed by atoms with E-state index >= 15 is 0 Å². The number of hydrogen-bond donors (Lipinski definition) is 1. The van der Waals surface area contributed by atoms with Gasteiger partial charge < -0.3 is 9.88 Å². The number of nitrogens with one attached hydrogen (secondary N) is 1. The van der Waals surface area contributed by atoms with Crippen molar-refractivity contribution in [1.29, 1.82) is 0 Å². The zero-order valence-corrected chi connectivity index (χ0v) is 8.51. The molecule has 72 valence electrons. The zero-order chi connectivity index (χ0) is 9.31. The van der Waals surface area contributed by atoms with E-state index in [9.17, 15) is 0 Å². The lowest BCUT2D eigenvalue weighted by Gasteiger charge is -2.34. The van der Waals surface area contributed by atoms with Crippen molar-refractivity contribution in [3.05, 3.63) is 24.0 Å². The summed E-state index contributed by atoms with van der Waals surface area (Å²) in [5.41, 5.74) is 1.80. The molecule has 0 aliphatic carbocycles. The molecule has 1 aliphatic heterocycles. The van der Waals surface area contributed by atoms with Crippen molar-refractivity contribution in [2.24, 2.45) is 7.05 Å². The van der Waals surface area contributed by atoms with Crippen LogP contribution in [0.5, 0.6) is 0 Å². The second kappa shape index (κ2) is 3.18. The SMILES string of the molecule is Cn1cccc1C1(C)CCCNC1. The van der Waals surface area contributed by atoms with Crippen molar-refractivity contribution in [1.82, 2.24) is 9.88 Å². The second-order valence-corrected chi connectivity index (χ2v) is 4.35. The quantitative estimate of drug-likeness (QED) is 0.692. The lowest BCUT2D eigenvalue weighted by atomic mass is 9.80. The first-order chi connectivity index (χ1) is 6.22. The van der Waals surface area contributed by atoms with Gasteiger partial charge >= 0.3 is 0 Å². The van der Waals surface area contributed by atoms with Gasteiger partial charge in [0, 0.05) is 30.9 Å². The molecule has 1 N–H and O–H groups in total. The summed E-state index contributed by atoms with van der Waals surface area (Å²) in [5, 5.41) is 3.48. The highest BCUT2D eigenvalue weighted by atomic mass is 15.0. The third-order valence-corrected chi connectivity index (χ3v) is 3.16. The van der Waals surface area contributed by atoms with Gasteiger partial charge in [0.2, 0.25) is 0 Å². The summed E-state index contributed by atoms with van der Waals surface area (Å²) < 4.78 is 2.24. The van der Waals surface area contributed by atoms with Gasteiger partial charge in [0.15, 0.2) is 0 Å². The Morgan fingerprint density at radius 2 is 2.38 bits per heavy atom. The molecule has 2 heteroatoms. The van der Waals surface area contributed by atoms with E-state index in [1.54, 1.807) is 0 Å². The number of rotatable bonds is 1. The first-order valence-corrected chi connectivity index (χ1v) is 5.05. The van der Waals surface area contributed by atoms with Gasteiger partial charge in [-0.15, -0.1) is 0 Å². The Kier molecular flexibility index (Phi) is 2.16. The number of nitrogens with zero attached hydrogens (tertiary/aromatic N) is 1. The summed E-state index contributed by atoms with van der Waals surface area (Å²) in [6.07, 6.45) is 4.73. The number of hydrogen-bond acceptors (Lipinski definition) is 1. The van der Waals surface area contributed by atoms with Crippen LogP contribution in [0.15, 0.2) is 18.3 Å². The fraction of sp³-hybridized carbons (Fsp3) is 0.636. The molecule has 1 fully saturated rings. The molecule has 2 nitrogen and oxygen atoms in total. The Balaban J connectivity index is 2.27. The van der Waals surface area contributed by atoms with Crippen molar-refractivity contribution in [3.63, 3.8) is 0 Å². The Morgan fingerprint density at radius 3 is 2.92 bits per heavy atom. The van der Waals surface area contributed by atoms with E-state index in [0.29, 0.717) is 5.41 Å². The predicted octanol–water partition coefficient (Wildman–Crippen LogP) is 1.67. The van der Waals surface area contributed by atoms with Gasteiger partial charge in [-0.2, -0.15) is 0 Å². The molecule has 0 saturated carbocycles. The van der Waals surface area contributed by atoms with Gasteiger partial charge in [0.25, 0.3) is 0 Å². The van der Waals surface area contributed by atoms with Gasteiger partial charge in [0.05, 0.1) is 0 Å². The molecule has 1 saturated heterocycles. The molecule has 2 heterocycles. The molecule has 0 bridgehead atoms. The molecule has 1 atom stereocenters. The standard InChI is InChI=1S/C11H18N2/c1-11(6-4-7-12-9-11)10-5-3-8-13(10)2/h3,5,8,12H,4,6-7,9H2,1-2H3. The summed E-state index contributed by atoms with van der Waals surface area (Å²) in [4.78, 5) is 0. The van der Waals surface area contributed by atoms with Crippen molar-refractivity contribution < 1.29 is 0 Å². The fourth-order valence-electron chi connectivity index (χ4n) is 2.36. The van der Waals surface area contributed by atoms with Gasteiger partial charge in [-0.05, 0) is 31.5 Å². The predicted molar refractivity (Wildman–Crippen MR) is 54.9 cm³/mol. The van der Waals surface area contributed by atoms with Crippen LogP contribution >= 0.6 is 0 Å². The van der Waals surface area contributed by atoms with E-state index in [1.807, 2.05) is 0 Å². The van der Waals surface area contributed by atoms with E-state index in [-0.39, 0.29) is 0 Å². The topological polar surface area (TPSA) is 17.0 Å². The monoisotopic (exact) mass is 178 g/mol. The van der Waals surface area contributed by atoms with E-state index in [4.69, 9.17) is 0 Å². The van der Waals surface area contributed by atoms with Crippen molar-refractivity contribution in [3.8, 4) is 0 Å².